The summed E-state index contributed by atoms with van der Waals surface area (Å²) in [6, 6.07) is 20.0. The highest BCUT2D eigenvalue weighted by Gasteiger charge is 2.63. The van der Waals surface area contributed by atoms with E-state index < -0.39 is 111 Å². The predicted molar refractivity (Wildman–Crippen MR) is 335 cm³/mol. The van der Waals surface area contributed by atoms with E-state index in [1.54, 1.807) is 52.0 Å². The van der Waals surface area contributed by atoms with Gasteiger partial charge in [0.05, 0.1) is 0 Å². The number of hydrogen-bond acceptors (Lipinski definition) is 20. The number of carbonyl (C=O) groups is 5. The molecule has 3 amide bonds. The molecule has 8 N–H and O–H groups in total. The van der Waals surface area contributed by atoms with Crippen molar-refractivity contribution in [3.63, 3.8) is 0 Å². The highest BCUT2D eigenvalue weighted by Crippen LogP contribution is 2.62. The lowest BCUT2D eigenvalue weighted by Crippen LogP contribution is -2.42. The number of fused-ring (bicyclic) bond motifs is 8. The number of rotatable bonds is 11. The molecule has 0 aliphatic carbocycles. The first-order valence-corrected chi connectivity index (χ1v) is 31.4. The highest BCUT2D eigenvalue weighted by molar-refractivity contribution is 5.92. The lowest BCUT2D eigenvalue weighted by atomic mass is 9.72. The van der Waals surface area contributed by atoms with Crippen molar-refractivity contribution < 1.29 is 70.1 Å². The molecule has 25 heteroatoms. The van der Waals surface area contributed by atoms with Crippen LogP contribution in [0.3, 0.4) is 0 Å². The van der Waals surface area contributed by atoms with E-state index in [1.807, 2.05) is 71.9 Å². The van der Waals surface area contributed by atoms with Gasteiger partial charge in [-0.15, -0.1) is 0 Å². The minimum atomic E-state index is -1.34. The number of nitriles is 1. The van der Waals surface area contributed by atoms with E-state index in [9.17, 15) is 39.4 Å². The molecule has 2 spiro atoms. The Bertz CT molecular complexity index is 4510. The largest absolute Gasteiger partial charge is 0.469 e. The molecule has 4 aromatic carbocycles. The van der Waals surface area contributed by atoms with Crippen LogP contribution in [0.1, 0.15) is 167 Å². The fraction of sp³-hybridized carbons (Fsp3) is 0.400. The first kappa shape index (κ1) is 63.7. The van der Waals surface area contributed by atoms with Crippen molar-refractivity contribution in [3.8, 4) is 40.7 Å². The topological polar surface area (TPSA) is 346 Å². The van der Waals surface area contributed by atoms with Crippen molar-refractivity contribution in [3.05, 3.63) is 165 Å². The second kappa shape index (κ2) is 23.1. The standard InChI is InChI=1S/C35H36FN5O7.C35H34FN5O6/c1-15(2)26(43)23(42)12-17-10-16-6-9-24-20(11-16)35(19-13-18(36)7-8-21(19)39-33(35)47-24)28-25(31-38-22(14-46-31)29(37)44)40-32(48-28)27(34(3,4)5)41-30(17)45;1-16(2)27(43)24(42)12-18-10-17-6-9-25-22(11-17)35(21-13-19(36)7-8-23(21)39-33(35)46-25)29-26(31-38-20(14-37)15-45-31)40-32(47-29)28(34(3,4)5)41-30(18)44/h6-9,11,13-15,17,26-27,33,39,43H,10,12H2,1-5H3,(H2,37,44)(H,41,45);6-9,11,13,15-16,18,27-28,33,39,43H,10,12H2,1-5H3,(H,41,44)/t17-,26+,27-,33-,35+;18-,27+,28-,33-,35+/m11/s1. The Balaban J connectivity index is 0.000000172. The van der Waals surface area contributed by atoms with Gasteiger partial charge in [-0.25, -0.2) is 23.7 Å². The molecule has 10 heterocycles. The molecule has 0 unspecified atom stereocenters. The van der Waals surface area contributed by atoms with Crippen LogP contribution in [0.4, 0.5) is 20.2 Å². The van der Waals surface area contributed by atoms with Gasteiger partial charge in [-0.1, -0.05) is 93.5 Å². The number of nitrogens with zero attached hydrogens (tertiary/aromatic N) is 5. The number of aromatic nitrogens is 4. The zero-order valence-corrected chi connectivity index (χ0v) is 53.6. The van der Waals surface area contributed by atoms with Crippen LogP contribution >= 0.6 is 0 Å². The summed E-state index contributed by atoms with van der Waals surface area (Å²) in [5.41, 5.74) is 6.64. The first-order chi connectivity index (χ1) is 45.0. The van der Waals surface area contributed by atoms with Gasteiger partial charge in [0.1, 0.15) is 76.9 Å². The molecule has 95 heavy (non-hydrogen) atoms. The molecule has 6 aliphatic rings. The number of primary amides is 1. The average molecular weight is 1300 g/mol. The van der Waals surface area contributed by atoms with Gasteiger partial charge in [0, 0.05) is 58.3 Å². The lowest BCUT2D eigenvalue weighted by Gasteiger charge is -2.32. The molecule has 23 nitrogen and oxygen atoms in total. The van der Waals surface area contributed by atoms with E-state index in [1.165, 1.54) is 30.5 Å². The number of nitrogens with two attached hydrogens (primary N) is 1. The van der Waals surface area contributed by atoms with Crippen molar-refractivity contribution in [1.82, 2.24) is 30.6 Å². The fourth-order valence-electron chi connectivity index (χ4n) is 13.8. The molecule has 10 atom stereocenters. The third kappa shape index (κ3) is 10.7. The summed E-state index contributed by atoms with van der Waals surface area (Å²) < 4.78 is 68.2. The maximum Gasteiger partial charge on any atom is 0.270 e. The predicted octanol–water partition coefficient (Wildman–Crippen LogP) is 9.57. The molecule has 0 radical (unpaired) electrons. The van der Waals surface area contributed by atoms with Gasteiger partial charge in [0.15, 0.2) is 58.3 Å². The first-order valence-electron chi connectivity index (χ1n) is 31.4. The van der Waals surface area contributed by atoms with Crippen molar-refractivity contribution in [2.75, 3.05) is 10.6 Å². The van der Waals surface area contributed by atoms with Crippen molar-refractivity contribution >= 4 is 40.7 Å². The average Bonchev–Trinajstić information content (AvgIpc) is 1.53. The molecule has 0 saturated carbocycles. The van der Waals surface area contributed by atoms with Crippen LogP contribution < -0.4 is 36.5 Å². The molecule has 6 aliphatic heterocycles. The molecule has 4 aromatic heterocycles. The molecule has 0 saturated heterocycles. The normalized spacial score (nSPS) is 23.3. The SMILES string of the molecule is CC(C)[C@H](O)C(=O)C[C@H]1Cc2ccc3c(c2)[C@@]2(c4cc(F)ccc4N[C@@H]2O3)c2oc(nc2-c2nc(C#N)co2)[C@H](C(C)(C)C)NC1=O.CC(C)[C@H](O)C(=O)C[C@H]1Cc2ccc3c(c2)[C@@]2(c4cc(F)ccc4N[C@@H]2O3)c2oc(nc2-c2nc(C(N)=O)co2)[C@H](C(C)(C)C)NC1=O. The summed E-state index contributed by atoms with van der Waals surface area (Å²) in [4.78, 5) is 85.0. The van der Waals surface area contributed by atoms with Crippen molar-refractivity contribution in [1.29, 1.82) is 5.26 Å². The van der Waals surface area contributed by atoms with E-state index in [0.717, 1.165) is 11.8 Å². The number of anilines is 2. The Morgan fingerprint density at radius 1 is 0.621 bits per heavy atom. The Morgan fingerprint density at radius 3 is 1.44 bits per heavy atom. The molecular weight excluding hydrogens is 1230 g/mol. The second-order valence-corrected chi connectivity index (χ2v) is 28.1. The minimum absolute atomic E-state index is 0.00846. The van der Waals surface area contributed by atoms with E-state index >= 15 is 8.78 Å². The summed E-state index contributed by atoms with van der Waals surface area (Å²) in [5.74, 6) is -4.21. The third-order valence-corrected chi connectivity index (χ3v) is 18.7. The Labute approximate surface area is 543 Å². The number of ketones is 2. The van der Waals surface area contributed by atoms with Crippen LogP contribution in [-0.2, 0) is 42.8 Å². The van der Waals surface area contributed by atoms with Gasteiger partial charge >= 0.3 is 0 Å². The van der Waals surface area contributed by atoms with Gasteiger partial charge in [-0.05, 0) is 95.2 Å². The number of ether oxygens (including phenoxy) is 2. The molecule has 14 rings (SSSR count). The minimum Gasteiger partial charge on any atom is -0.469 e. The number of halogens is 2. The summed E-state index contributed by atoms with van der Waals surface area (Å²) in [6.45, 7) is 18.4. The Hall–Kier alpha value is -10.1. The van der Waals surface area contributed by atoms with Crippen molar-refractivity contribution in [2.24, 2.45) is 40.2 Å². The van der Waals surface area contributed by atoms with Gasteiger partial charge in [0.25, 0.3) is 5.91 Å². The van der Waals surface area contributed by atoms with Gasteiger partial charge < -0.3 is 64.4 Å². The number of aliphatic hydroxyl groups excluding tert-OH is 2. The maximum atomic E-state index is 15.1. The van der Waals surface area contributed by atoms with Crippen LogP contribution in [0.5, 0.6) is 11.5 Å². The quantitative estimate of drug-likeness (QED) is 0.0633. The summed E-state index contributed by atoms with van der Waals surface area (Å²) in [6.07, 6.45) is -1.77. The highest BCUT2D eigenvalue weighted by atomic mass is 19.1. The van der Waals surface area contributed by atoms with Crippen LogP contribution in [0.15, 0.2) is 103 Å². The number of hydrogen-bond donors (Lipinski definition) is 7. The molecule has 0 fully saturated rings. The zero-order valence-electron chi connectivity index (χ0n) is 53.6. The number of nitrogens with one attached hydrogen (secondary N) is 4. The molecule has 8 aromatic rings. The van der Waals surface area contributed by atoms with Gasteiger partial charge in [-0.2, -0.15) is 10.2 Å². The molecular formula is C70H70F2N10O13. The van der Waals surface area contributed by atoms with Crippen molar-refractivity contribution in [2.45, 2.75) is 142 Å². The van der Waals surface area contributed by atoms with E-state index in [-0.39, 0.29) is 95.4 Å². The number of amides is 3. The van der Waals surface area contributed by atoms with Gasteiger partial charge in [-0.3, -0.25) is 24.0 Å². The number of benzene rings is 4. The smallest absolute Gasteiger partial charge is 0.270 e. The Kier molecular flexibility index (Phi) is 15.5. The maximum absolute atomic E-state index is 15.1. The summed E-state index contributed by atoms with van der Waals surface area (Å²) in [5, 5.41) is 43.6. The van der Waals surface area contributed by atoms with E-state index in [4.69, 9.17) is 42.8 Å². The zero-order chi connectivity index (χ0) is 67.7. The van der Waals surface area contributed by atoms with E-state index in [0.29, 0.717) is 50.7 Å². The van der Waals surface area contributed by atoms with Gasteiger partial charge in [0.2, 0.25) is 35.4 Å². The number of oxazole rings is 4. The number of Topliss-reactive ketones (excluding diaryl/α,β-unsaturated/α-hetero) is 2. The summed E-state index contributed by atoms with van der Waals surface area (Å²) in [7, 11) is 0. The van der Waals surface area contributed by atoms with E-state index in [2.05, 4.69) is 31.2 Å². The second-order valence-electron chi connectivity index (χ2n) is 28.1. The third-order valence-electron chi connectivity index (χ3n) is 18.7. The monoisotopic (exact) mass is 1300 g/mol. The Morgan fingerprint density at radius 2 is 1.05 bits per heavy atom. The number of carbonyl (C=O) groups excluding carboxylic acids is 5. The van der Waals surface area contributed by atoms with Crippen LogP contribution in [0.25, 0.3) is 23.2 Å². The number of aliphatic hydroxyl groups is 2. The fourth-order valence-corrected chi connectivity index (χ4v) is 13.8. The lowest BCUT2D eigenvalue weighted by molar-refractivity contribution is -0.135. The molecule has 492 valence electrons. The van der Waals surface area contributed by atoms with Crippen LogP contribution in [-0.4, -0.2) is 84.1 Å². The molecule has 8 bridgehead atoms. The summed E-state index contributed by atoms with van der Waals surface area (Å²) >= 11 is 0. The van der Waals surface area contributed by atoms with Crippen LogP contribution in [0.2, 0.25) is 0 Å². The van der Waals surface area contributed by atoms with Crippen LogP contribution in [0, 0.1) is 57.5 Å².